The van der Waals surface area contributed by atoms with Crippen molar-refractivity contribution >= 4 is 12.3 Å². The second kappa shape index (κ2) is 15.9. The van der Waals surface area contributed by atoms with Crippen molar-refractivity contribution in [2.75, 3.05) is 0 Å². The molecule has 8 heavy (non-hydrogen) atoms. The van der Waals surface area contributed by atoms with Crippen LogP contribution in [0.1, 0.15) is 13.8 Å². The quantitative estimate of drug-likeness (QED) is 0.415. The molecule has 0 amide bonds. The summed E-state index contributed by atoms with van der Waals surface area (Å²) in [6.07, 6.45) is 1.50. The predicted molar refractivity (Wildman–Crippen MR) is 24.7 cm³/mol. The third kappa shape index (κ3) is 2340. The van der Waals surface area contributed by atoms with E-state index in [4.69, 9.17) is 14.7 Å². The number of carboxylic acid groups (broad SMARTS) is 1. The van der Waals surface area contributed by atoms with Crippen LogP contribution in [-0.2, 0) is 29.1 Å². The van der Waals surface area contributed by atoms with Crippen molar-refractivity contribution < 1.29 is 34.2 Å². The maximum absolute atomic E-state index is 9.00. The molecule has 0 bridgehead atoms. The third-order valence-corrected chi connectivity index (χ3v) is 0. The second-order valence-electron chi connectivity index (χ2n) is 0.723. The van der Waals surface area contributed by atoms with E-state index in [1.54, 1.807) is 0 Å². The maximum Gasteiger partial charge on any atom is 0.300 e. The molecule has 44 valence electrons. The predicted octanol–water partition coefficient (Wildman–Crippen LogP) is 0.204. The van der Waals surface area contributed by atoms with Gasteiger partial charge in [-0.2, -0.15) is 6.92 Å². The molecule has 0 atom stereocenters. The fourth-order valence-electron chi connectivity index (χ4n) is 0. The van der Waals surface area contributed by atoms with Crippen molar-refractivity contribution in [2.24, 2.45) is 0 Å². The van der Waals surface area contributed by atoms with E-state index in [1.165, 1.54) is 13.2 Å². The molecular weight excluding hydrogens is 161 g/mol. The van der Waals surface area contributed by atoms with Crippen LogP contribution in [0.3, 0.4) is 0 Å². The molecular formula is C4H7O3Zn-. The molecule has 0 rings (SSSR count). The largest absolute Gasteiger partial charge is 0.542 e. The summed E-state index contributed by atoms with van der Waals surface area (Å²) in [4.78, 5) is 17.7. The van der Waals surface area contributed by atoms with Crippen LogP contribution in [0.5, 0.6) is 0 Å². The first-order valence-electron chi connectivity index (χ1n) is 1.63. The van der Waals surface area contributed by atoms with Gasteiger partial charge in [0, 0.05) is 26.4 Å². The molecule has 0 aliphatic carbocycles. The summed E-state index contributed by atoms with van der Waals surface area (Å²) in [6.45, 7) is 2.40. The summed E-state index contributed by atoms with van der Waals surface area (Å²) in [5.74, 6) is -0.833. The first-order chi connectivity index (χ1) is 3.15. The van der Waals surface area contributed by atoms with Gasteiger partial charge in [-0.1, -0.05) is 0 Å². The van der Waals surface area contributed by atoms with Crippen LogP contribution in [0, 0.1) is 0 Å². The molecule has 0 heterocycles. The third-order valence-electron chi connectivity index (χ3n) is 0. The van der Waals surface area contributed by atoms with Crippen molar-refractivity contribution in [3.8, 4) is 0 Å². The molecule has 0 fully saturated rings. The molecule has 0 saturated heterocycles. The minimum atomic E-state index is -0.833. The van der Waals surface area contributed by atoms with Crippen LogP contribution in [-0.4, -0.2) is 17.4 Å². The summed E-state index contributed by atoms with van der Waals surface area (Å²) in [7, 11) is 0. The van der Waals surface area contributed by atoms with E-state index < -0.39 is 5.97 Å². The maximum atomic E-state index is 9.00. The average molecular weight is 168 g/mol. The first-order valence-corrected chi connectivity index (χ1v) is 1.63. The van der Waals surface area contributed by atoms with Gasteiger partial charge in [0.1, 0.15) is 0 Å². The van der Waals surface area contributed by atoms with E-state index in [0.29, 0.717) is 0 Å². The normalized spacial score (nSPS) is 4.75. The molecule has 0 saturated carbocycles. The first kappa shape index (κ1) is 15.7. The van der Waals surface area contributed by atoms with E-state index in [-0.39, 0.29) is 19.5 Å². The fourth-order valence-corrected chi connectivity index (χ4v) is 0. The standard InChI is InChI=1S/C2H4O2.C2H3O.Zn/c1-2(3)4;1-2-3;/h1H3,(H,3,4);1H3;/q;-1;. The molecule has 4 heteroatoms. The van der Waals surface area contributed by atoms with Gasteiger partial charge in [0.15, 0.2) is 0 Å². The SMILES string of the molecule is CC(=O)O.C[C-]=O.[Zn]. The molecule has 0 unspecified atom stereocenters. The summed E-state index contributed by atoms with van der Waals surface area (Å²) in [5, 5.41) is 7.42. The van der Waals surface area contributed by atoms with Gasteiger partial charge in [0.2, 0.25) is 0 Å². The zero-order valence-electron chi connectivity index (χ0n) is 4.97. The molecule has 0 aliphatic heterocycles. The van der Waals surface area contributed by atoms with E-state index in [2.05, 4.69) is 0 Å². The van der Waals surface area contributed by atoms with E-state index in [9.17, 15) is 0 Å². The van der Waals surface area contributed by atoms with Crippen LogP contribution in [0.2, 0.25) is 0 Å². The topological polar surface area (TPSA) is 54.4 Å². The van der Waals surface area contributed by atoms with Gasteiger partial charge in [-0.25, -0.2) is 0 Å². The molecule has 0 aromatic rings. The van der Waals surface area contributed by atoms with Crippen LogP contribution < -0.4 is 0 Å². The van der Waals surface area contributed by atoms with Gasteiger partial charge in [0.25, 0.3) is 5.97 Å². The fraction of sp³-hybridized carbons (Fsp3) is 0.500. The Morgan fingerprint density at radius 3 is 1.62 bits per heavy atom. The van der Waals surface area contributed by atoms with Crippen LogP contribution in [0.4, 0.5) is 0 Å². The number of hydrogen-bond donors (Lipinski definition) is 1. The number of rotatable bonds is 0. The molecule has 1 N–H and O–H groups in total. The summed E-state index contributed by atoms with van der Waals surface area (Å²) in [6, 6.07) is 0. The van der Waals surface area contributed by atoms with E-state index in [1.807, 2.05) is 0 Å². The van der Waals surface area contributed by atoms with Crippen molar-refractivity contribution in [2.45, 2.75) is 13.8 Å². The van der Waals surface area contributed by atoms with Crippen molar-refractivity contribution in [3.05, 3.63) is 0 Å². The van der Waals surface area contributed by atoms with Gasteiger partial charge < -0.3 is 9.90 Å². The van der Waals surface area contributed by atoms with Gasteiger partial charge in [-0.3, -0.25) is 11.1 Å². The number of hydrogen-bond acceptors (Lipinski definition) is 2. The smallest absolute Gasteiger partial charge is 0.300 e. The molecule has 0 aromatic carbocycles. The average Bonchev–Trinajstić information content (AvgIpc) is 1.33. The van der Waals surface area contributed by atoms with Crippen LogP contribution >= 0.6 is 0 Å². The Morgan fingerprint density at radius 1 is 1.62 bits per heavy atom. The van der Waals surface area contributed by atoms with Gasteiger partial charge in [-0.05, 0) is 0 Å². The van der Waals surface area contributed by atoms with Crippen LogP contribution in [0.15, 0.2) is 0 Å². The van der Waals surface area contributed by atoms with Crippen molar-refractivity contribution in [1.29, 1.82) is 0 Å². The molecule has 0 aliphatic rings. The Bertz CT molecular complexity index is 58.3. The minimum absolute atomic E-state index is 0. The molecule has 0 radical (unpaired) electrons. The number of carbonyl (C=O) groups excluding carboxylic acids is 1. The monoisotopic (exact) mass is 167 g/mol. The Hall–Kier alpha value is -0.237. The summed E-state index contributed by atoms with van der Waals surface area (Å²) in [5.41, 5.74) is 0. The molecule has 3 nitrogen and oxygen atoms in total. The van der Waals surface area contributed by atoms with Gasteiger partial charge in [0.05, 0.1) is 0 Å². The van der Waals surface area contributed by atoms with Crippen molar-refractivity contribution in [1.82, 2.24) is 0 Å². The number of carboxylic acids is 1. The Labute approximate surface area is 60.8 Å². The van der Waals surface area contributed by atoms with Gasteiger partial charge >= 0.3 is 0 Å². The summed E-state index contributed by atoms with van der Waals surface area (Å²) >= 11 is 0. The Kier molecular flexibility index (Phi) is 31.0. The van der Waals surface area contributed by atoms with Crippen molar-refractivity contribution in [3.63, 3.8) is 0 Å². The van der Waals surface area contributed by atoms with E-state index >= 15 is 0 Å². The Balaban J connectivity index is -0.0000000575. The Morgan fingerprint density at radius 2 is 1.62 bits per heavy atom. The zero-order valence-corrected chi connectivity index (χ0v) is 7.94. The molecule has 0 spiro atoms. The van der Waals surface area contributed by atoms with E-state index in [0.717, 1.165) is 6.92 Å². The zero-order chi connectivity index (χ0) is 6.28. The minimum Gasteiger partial charge on any atom is -0.542 e. The second-order valence-corrected chi connectivity index (χ2v) is 0.723. The van der Waals surface area contributed by atoms with Gasteiger partial charge in [-0.15, -0.1) is 0 Å². The summed E-state index contributed by atoms with van der Waals surface area (Å²) < 4.78 is 0. The van der Waals surface area contributed by atoms with Crippen LogP contribution in [0.25, 0.3) is 0 Å². The number of carbonyl (C=O) groups is 1. The molecule has 0 aromatic heterocycles. The number of aliphatic carboxylic acids is 1.